The van der Waals surface area contributed by atoms with Crippen molar-refractivity contribution in [3.8, 4) is 28.3 Å². The van der Waals surface area contributed by atoms with E-state index in [9.17, 15) is 10.1 Å². The number of nitrogens with one attached hydrogen (secondary N) is 1. The van der Waals surface area contributed by atoms with E-state index in [0.29, 0.717) is 17.6 Å². The zero-order valence-electron chi connectivity index (χ0n) is 22.6. The van der Waals surface area contributed by atoms with Crippen molar-refractivity contribution in [3.63, 3.8) is 0 Å². The summed E-state index contributed by atoms with van der Waals surface area (Å²) in [6, 6.07) is 9.23. The number of pyridine rings is 2. The molecule has 0 saturated carbocycles. The lowest BCUT2D eigenvalue weighted by Gasteiger charge is -2.40. The maximum atomic E-state index is 12.3. The van der Waals surface area contributed by atoms with Crippen LogP contribution in [0.25, 0.3) is 27.8 Å². The Morgan fingerprint density at radius 2 is 1.82 bits per heavy atom. The van der Waals surface area contributed by atoms with Crippen LogP contribution >= 0.6 is 0 Å². The molecule has 6 heterocycles. The number of rotatable bonds is 4. The molecule has 0 aliphatic carbocycles. The first-order valence-corrected chi connectivity index (χ1v) is 13.3. The van der Waals surface area contributed by atoms with Crippen molar-refractivity contribution in [2.75, 3.05) is 4.90 Å². The number of amides is 1. The Morgan fingerprint density at radius 1 is 1.05 bits per heavy atom. The molecule has 2 aliphatic rings. The fraction of sp³-hybridized carbons (Fsp3) is 0.414. The Bertz CT molecular complexity index is 1560. The molecule has 2 saturated heterocycles. The topological polar surface area (TPSA) is 113 Å². The average Bonchev–Trinajstić information content (AvgIpc) is 3.58. The van der Waals surface area contributed by atoms with Crippen LogP contribution in [0, 0.1) is 11.3 Å². The van der Waals surface area contributed by atoms with Crippen LogP contribution in [-0.2, 0) is 11.8 Å². The Hall–Kier alpha value is -4.39. The minimum Gasteiger partial charge on any atom is -0.444 e. The molecule has 0 spiro atoms. The second-order valence-electron chi connectivity index (χ2n) is 11.5. The third kappa shape index (κ3) is 4.80. The van der Waals surface area contributed by atoms with Crippen molar-refractivity contribution in [2.45, 2.75) is 70.2 Å². The molecular formula is C29H32N8O2. The number of hydrogen-bond donors (Lipinski definition) is 1. The number of aryl methyl sites for hydroxylation is 1. The Balaban J connectivity index is 1.26. The number of carbonyl (C=O) groups excluding carboxylic acids is 1. The quantitative estimate of drug-likeness (QED) is 0.412. The number of aromatic nitrogens is 5. The van der Waals surface area contributed by atoms with Gasteiger partial charge >= 0.3 is 6.09 Å². The van der Waals surface area contributed by atoms with Crippen LogP contribution in [0.4, 0.5) is 10.6 Å². The molecule has 0 radical (unpaired) electrons. The third-order valence-electron chi connectivity index (χ3n) is 7.55. The minimum atomic E-state index is -0.510. The van der Waals surface area contributed by atoms with Gasteiger partial charge in [-0.25, -0.2) is 14.3 Å². The van der Waals surface area contributed by atoms with Crippen molar-refractivity contribution in [1.82, 2.24) is 29.7 Å². The van der Waals surface area contributed by atoms with Gasteiger partial charge < -0.3 is 15.0 Å². The van der Waals surface area contributed by atoms with Gasteiger partial charge in [0.25, 0.3) is 0 Å². The molecule has 2 aliphatic heterocycles. The molecule has 4 aromatic rings. The second kappa shape index (κ2) is 9.42. The summed E-state index contributed by atoms with van der Waals surface area (Å²) in [7, 11) is 1.89. The van der Waals surface area contributed by atoms with Crippen LogP contribution in [0.1, 0.15) is 52.0 Å². The van der Waals surface area contributed by atoms with E-state index in [2.05, 4.69) is 44.7 Å². The maximum Gasteiger partial charge on any atom is 0.407 e. The van der Waals surface area contributed by atoms with E-state index >= 15 is 0 Å². The lowest BCUT2D eigenvalue weighted by molar-refractivity contribution is 0.0492. The van der Waals surface area contributed by atoms with E-state index in [1.807, 2.05) is 52.6 Å². The largest absolute Gasteiger partial charge is 0.444 e. The van der Waals surface area contributed by atoms with Gasteiger partial charge in [0, 0.05) is 66.0 Å². The number of piperidine rings is 1. The fourth-order valence-corrected chi connectivity index (χ4v) is 5.99. The molecule has 10 nitrogen and oxygen atoms in total. The van der Waals surface area contributed by atoms with E-state index in [1.165, 1.54) is 0 Å². The van der Waals surface area contributed by atoms with Crippen LogP contribution < -0.4 is 10.2 Å². The molecule has 2 unspecified atom stereocenters. The number of alkyl carbamates (subject to hydrolysis) is 1. The molecule has 4 aromatic heterocycles. The molecule has 10 heteroatoms. The van der Waals surface area contributed by atoms with Crippen molar-refractivity contribution in [3.05, 3.63) is 54.7 Å². The summed E-state index contributed by atoms with van der Waals surface area (Å²) in [4.78, 5) is 19.6. The van der Waals surface area contributed by atoms with Gasteiger partial charge in [-0.2, -0.15) is 15.5 Å². The molecule has 200 valence electrons. The molecule has 1 amide bonds. The van der Waals surface area contributed by atoms with E-state index < -0.39 is 5.60 Å². The van der Waals surface area contributed by atoms with Crippen LogP contribution in [0.5, 0.6) is 0 Å². The van der Waals surface area contributed by atoms with Gasteiger partial charge in [-0.1, -0.05) is 0 Å². The molecular weight excluding hydrogens is 492 g/mol. The predicted octanol–water partition coefficient (Wildman–Crippen LogP) is 4.69. The van der Waals surface area contributed by atoms with E-state index in [1.54, 1.807) is 15.4 Å². The molecule has 1 N–H and O–H groups in total. The number of ether oxygens (including phenoxy) is 1. The van der Waals surface area contributed by atoms with Gasteiger partial charge in [0.05, 0.1) is 23.5 Å². The number of nitriles is 1. The third-order valence-corrected chi connectivity index (χ3v) is 7.55. The van der Waals surface area contributed by atoms with E-state index in [-0.39, 0.29) is 12.1 Å². The highest BCUT2D eigenvalue weighted by Gasteiger charge is 2.42. The van der Waals surface area contributed by atoms with Crippen molar-refractivity contribution < 1.29 is 9.53 Å². The Kier molecular flexibility index (Phi) is 6.02. The number of nitrogens with zero attached hydrogens (tertiary/aromatic N) is 7. The summed E-state index contributed by atoms with van der Waals surface area (Å²) >= 11 is 0. The molecule has 6 rings (SSSR count). The second-order valence-corrected chi connectivity index (χ2v) is 11.5. The smallest absolute Gasteiger partial charge is 0.407 e. The van der Waals surface area contributed by atoms with Gasteiger partial charge in [0.2, 0.25) is 0 Å². The van der Waals surface area contributed by atoms with Gasteiger partial charge in [0.15, 0.2) is 0 Å². The van der Waals surface area contributed by atoms with Crippen LogP contribution in [-0.4, -0.2) is 54.2 Å². The molecule has 2 bridgehead atoms. The average molecular weight is 525 g/mol. The summed E-state index contributed by atoms with van der Waals surface area (Å²) in [5, 5.41) is 21.5. The number of carbonyl (C=O) groups is 1. The van der Waals surface area contributed by atoms with Crippen LogP contribution in [0.15, 0.2) is 49.2 Å². The van der Waals surface area contributed by atoms with Crippen molar-refractivity contribution in [2.24, 2.45) is 7.05 Å². The standard InChI is InChI=1S/C29H32N8O2/c1-29(2,3)39-28(38)34-22-10-23-6-7-24(11-22)37(23)26-8-5-18(13-31-26)25-9-19(21-15-32-35(4)16-21)17-36-27(25)20(12-30)14-33-36/h5,8-9,13-17,22-24H,6-7,10-11H2,1-4H3,(H,34,38). The zero-order chi connectivity index (χ0) is 27.3. The zero-order valence-corrected chi connectivity index (χ0v) is 22.6. The summed E-state index contributed by atoms with van der Waals surface area (Å²) in [6.45, 7) is 5.63. The first kappa shape index (κ1) is 24.9. The van der Waals surface area contributed by atoms with Gasteiger partial charge in [-0.05, 0) is 64.7 Å². The molecule has 2 fully saturated rings. The first-order valence-electron chi connectivity index (χ1n) is 13.3. The van der Waals surface area contributed by atoms with E-state index in [4.69, 9.17) is 9.72 Å². The SMILES string of the molecule is Cn1cc(-c2cc(-c3ccc(N4C5CCC4CC(NC(=O)OC(C)(C)C)C5)nc3)c3c(C#N)cnn3c2)cn1. The lowest BCUT2D eigenvalue weighted by atomic mass is 9.97. The Morgan fingerprint density at radius 3 is 2.44 bits per heavy atom. The van der Waals surface area contributed by atoms with Gasteiger partial charge in [-0.3, -0.25) is 4.68 Å². The highest BCUT2D eigenvalue weighted by molar-refractivity contribution is 5.87. The number of anilines is 1. The highest BCUT2D eigenvalue weighted by atomic mass is 16.6. The fourth-order valence-electron chi connectivity index (χ4n) is 5.99. The molecule has 0 aromatic carbocycles. The highest BCUT2D eigenvalue weighted by Crippen LogP contribution is 2.39. The van der Waals surface area contributed by atoms with Crippen LogP contribution in [0.2, 0.25) is 0 Å². The van der Waals surface area contributed by atoms with Crippen molar-refractivity contribution in [1.29, 1.82) is 5.26 Å². The van der Waals surface area contributed by atoms with Gasteiger partial charge in [-0.15, -0.1) is 0 Å². The summed E-state index contributed by atoms with van der Waals surface area (Å²) in [6.07, 6.45) is 12.7. The summed E-state index contributed by atoms with van der Waals surface area (Å²) in [5.41, 5.74) is 4.51. The normalized spacial score (nSPS) is 20.7. The first-order chi connectivity index (χ1) is 18.7. The molecule has 2 atom stereocenters. The number of hydrogen-bond acceptors (Lipinski definition) is 7. The van der Waals surface area contributed by atoms with Gasteiger partial charge in [0.1, 0.15) is 17.5 Å². The predicted molar refractivity (Wildman–Crippen MR) is 147 cm³/mol. The maximum absolute atomic E-state index is 12.3. The Labute approximate surface area is 227 Å². The van der Waals surface area contributed by atoms with Crippen molar-refractivity contribution >= 4 is 17.4 Å². The lowest BCUT2D eigenvalue weighted by Crippen LogP contribution is -2.51. The van der Waals surface area contributed by atoms with E-state index in [0.717, 1.165) is 59.3 Å². The molecule has 39 heavy (non-hydrogen) atoms. The summed E-state index contributed by atoms with van der Waals surface area (Å²) < 4.78 is 8.99. The summed E-state index contributed by atoms with van der Waals surface area (Å²) in [5.74, 6) is 0.940. The number of fused-ring (bicyclic) bond motifs is 3. The minimum absolute atomic E-state index is 0.0997. The van der Waals surface area contributed by atoms with Crippen LogP contribution in [0.3, 0.4) is 0 Å². The monoisotopic (exact) mass is 524 g/mol.